The second-order valence-electron chi connectivity index (χ2n) is 5.34. The highest BCUT2D eigenvalue weighted by atomic mass is 32.1. The molecule has 1 aromatic heterocycles. The van der Waals surface area contributed by atoms with Gasteiger partial charge in [-0.15, -0.1) is 11.3 Å². The summed E-state index contributed by atoms with van der Waals surface area (Å²) in [5, 5.41) is 6.97. The third-order valence-electron chi connectivity index (χ3n) is 4.11. The summed E-state index contributed by atoms with van der Waals surface area (Å²) < 4.78 is 5.63. The molecule has 2 aliphatic rings. The fraction of sp³-hybridized carbons (Fsp3) is 0.769. The number of thiazole rings is 1. The molecule has 100 valence electrons. The maximum Gasteiger partial charge on any atom is 0.0897 e. The third-order valence-corrected chi connectivity index (χ3v) is 4.93. The molecule has 18 heavy (non-hydrogen) atoms. The van der Waals surface area contributed by atoms with Crippen molar-refractivity contribution in [3.8, 4) is 0 Å². The predicted octanol–water partition coefficient (Wildman–Crippen LogP) is 1.26. The van der Waals surface area contributed by atoms with Crippen molar-refractivity contribution < 1.29 is 4.74 Å². The zero-order valence-electron chi connectivity index (χ0n) is 11.1. The van der Waals surface area contributed by atoms with Crippen molar-refractivity contribution in [1.82, 2.24) is 15.2 Å². The number of aryl methyl sites for hydroxylation is 1. The summed E-state index contributed by atoms with van der Waals surface area (Å²) in [6.07, 6.45) is 1.57. The molecule has 2 aliphatic heterocycles. The van der Waals surface area contributed by atoms with Crippen molar-refractivity contribution in [3.63, 3.8) is 0 Å². The third kappa shape index (κ3) is 2.45. The highest BCUT2D eigenvalue weighted by Crippen LogP contribution is 2.28. The van der Waals surface area contributed by atoms with Crippen LogP contribution in [-0.2, 0) is 11.3 Å². The number of ether oxygens (including phenoxy) is 1. The first-order valence-corrected chi connectivity index (χ1v) is 7.54. The number of likely N-dealkylation sites (tertiary alicyclic amines) is 1. The minimum absolute atomic E-state index is 0.429. The number of methoxy groups -OCH3 is 1. The van der Waals surface area contributed by atoms with Crippen molar-refractivity contribution in [1.29, 1.82) is 0 Å². The van der Waals surface area contributed by atoms with Crippen LogP contribution >= 0.6 is 11.3 Å². The lowest BCUT2D eigenvalue weighted by Crippen LogP contribution is -2.48. The van der Waals surface area contributed by atoms with Gasteiger partial charge in [0.1, 0.15) is 0 Å². The van der Waals surface area contributed by atoms with Gasteiger partial charge in [0.25, 0.3) is 0 Å². The number of nitrogens with one attached hydrogen (secondary N) is 1. The molecule has 2 fully saturated rings. The van der Waals surface area contributed by atoms with Gasteiger partial charge < -0.3 is 10.1 Å². The van der Waals surface area contributed by atoms with Crippen LogP contribution < -0.4 is 5.32 Å². The molecule has 5 heteroatoms. The molecule has 0 unspecified atom stereocenters. The molecule has 0 amide bonds. The quantitative estimate of drug-likeness (QED) is 0.895. The smallest absolute Gasteiger partial charge is 0.0897 e. The molecule has 3 rings (SSSR count). The first-order valence-electron chi connectivity index (χ1n) is 6.66. The lowest BCUT2D eigenvalue weighted by Gasteiger charge is -2.32. The van der Waals surface area contributed by atoms with E-state index in [-0.39, 0.29) is 0 Å². The Morgan fingerprint density at radius 2 is 2.44 bits per heavy atom. The minimum atomic E-state index is 0.429. The molecule has 0 aromatic carbocycles. The Labute approximate surface area is 112 Å². The van der Waals surface area contributed by atoms with Crippen molar-refractivity contribution in [2.45, 2.75) is 32.0 Å². The van der Waals surface area contributed by atoms with Crippen LogP contribution in [0.2, 0.25) is 0 Å². The molecule has 1 N–H and O–H groups in total. The summed E-state index contributed by atoms with van der Waals surface area (Å²) in [7, 11) is 1.85. The van der Waals surface area contributed by atoms with Crippen LogP contribution in [0.15, 0.2) is 5.38 Å². The van der Waals surface area contributed by atoms with E-state index in [0.29, 0.717) is 18.1 Å². The highest BCUT2D eigenvalue weighted by molar-refractivity contribution is 7.09. The average Bonchev–Trinajstić information content (AvgIpc) is 2.94. The van der Waals surface area contributed by atoms with Gasteiger partial charge in [0.15, 0.2) is 0 Å². The number of hydrogen-bond acceptors (Lipinski definition) is 5. The molecule has 0 radical (unpaired) electrons. The molecule has 4 nitrogen and oxygen atoms in total. The van der Waals surface area contributed by atoms with Gasteiger partial charge in [-0.1, -0.05) is 0 Å². The van der Waals surface area contributed by atoms with Crippen molar-refractivity contribution >= 4 is 11.3 Å². The molecule has 1 aromatic rings. The summed E-state index contributed by atoms with van der Waals surface area (Å²) in [6.45, 7) is 6.40. The summed E-state index contributed by atoms with van der Waals surface area (Å²) in [6, 6.07) is 0.600. The predicted molar refractivity (Wildman–Crippen MR) is 72.8 cm³/mol. The monoisotopic (exact) mass is 267 g/mol. The molecule has 0 bridgehead atoms. The molecule has 0 saturated carbocycles. The fourth-order valence-corrected chi connectivity index (χ4v) is 3.87. The normalized spacial score (nSPS) is 32.7. The molecular weight excluding hydrogens is 246 g/mol. The molecule has 0 spiro atoms. The topological polar surface area (TPSA) is 37.4 Å². The van der Waals surface area contributed by atoms with E-state index < -0.39 is 0 Å². The Morgan fingerprint density at radius 1 is 1.56 bits per heavy atom. The maximum atomic E-state index is 5.63. The number of fused-ring (bicyclic) bond motifs is 1. The molecule has 2 saturated heterocycles. The zero-order chi connectivity index (χ0) is 12.5. The second-order valence-corrected chi connectivity index (χ2v) is 6.40. The minimum Gasteiger partial charge on any atom is -0.381 e. The lowest BCUT2D eigenvalue weighted by molar-refractivity contribution is 0.0241. The van der Waals surface area contributed by atoms with E-state index in [1.165, 1.54) is 5.69 Å². The van der Waals surface area contributed by atoms with Crippen molar-refractivity contribution in [2.24, 2.45) is 5.92 Å². The van der Waals surface area contributed by atoms with E-state index >= 15 is 0 Å². The number of nitrogens with zero attached hydrogens (tertiary/aromatic N) is 2. The van der Waals surface area contributed by atoms with Gasteiger partial charge in [-0.25, -0.2) is 4.98 Å². The van der Waals surface area contributed by atoms with E-state index in [2.05, 4.69) is 27.5 Å². The summed E-state index contributed by atoms with van der Waals surface area (Å²) in [5.74, 6) is 0.642. The van der Waals surface area contributed by atoms with Gasteiger partial charge >= 0.3 is 0 Å². The van der Waals surface area contributed by atoms with Crippen LogP contribution in [0.25, 0.3) is 0 Å². The van der Waals surface area contributed by atoms with Crippen LogP contribution in [0.4, 0.5) is 0 Å². The van der Waals surface area contributed by atoms with Gasteiger partial charge in [-0.3, -0.25) is 4.90 Å². The summed E-state index contributed by atoms with van der Waals surface area (Å²) in [5.41, 5.74) is 1.21. The van der Waals surface area contributed by atoms with Crippen molar-refractivity contribution in [3.05, 3.63) is 16.1 Å². The van der Waals surface area contributed by atoms with Gasteiger partial charge in [-0.05, 0) is 19.9 Å². The Kier molecular flexibility index (Phi) is 3.66. The molecule has 3 heterocycles. The first kappa shape index (κ1) is 12.5. The largest absolute Gasteiger partial charge is 0.381 e. The van der Waals surface area contributed by atoms with Crippen LogP contribution in [-0.4, -0.2) is 48.8 Å². The highest BCUT2D eigenvalue weighted by Gasteiger charge is 2.40. The van der Waals surface area contributed by atoms with E-state index in [1.807, 2.05) is 7.11 Å². The Balaban J connectivity index is 1.63. The standard InChI is InChI=1S/C13H21N3OS/c1-9-15-10(8-18-9)5-16-6-11-12(7-16)14-4-3-13(11)17-2/h8,11-14H,3-7H2,1-2H3/t11-,12+,13-/m0/s1. The van der Waals surface area contributed by atoms with E-state index in [4.69, 9.17) is 4.74 Å². The average molecular weight is 267 g/mol. The summed E-state index contributed by atoms with van der Waals surface area (Å²) in [4.78, 5) is 7.06. The fourth-order valence-electron chi connectivity index (χ4n) is 3.26. The van der Waals surface area contributed by atoms with Gasteiger partial charge in [0.2, 0.25) is 0 Å². The second kappa shape index (κ2) is 5.25. The molecule has 0 aliphatic carbocycles. The number of aromatic nitrogens is 1. The first-order chi connectivity index (χ1) is 8.76. The lowest BCUT2D eigenvalue weighted by atomic mass is 9.91. The maximum absolute atomic E-state index is 5.63. The van der Waals surface area contributed by atoms with E-state index in [9.17, 15) is 0 Å². The van der Waals surface area contributed by atoms with Crippen molar-refractivity contribution in [2.75, 3.05) is 26.7 Å². The Morgan fingerprint density at radius 3 is 3.17 bits per heavy atom. The number of hydrogen-bond donors (Lipinski definition) is 1. The van der Waals surface area contributed by atoms with Crippen LogP contribution in [0.1, 0.15) is 17.1 Å². The van der Waals surface area contributed by atoms with Gasteiger partial charge in [0.05, 0.1) is 16.8 Å². The van der Waals surface area contributed by atoms with Crippen LogP contribution in [0, 0.1) is 12.8 Å². The molecule has 3 atom stereocenters. The van der Waals surface area contributed by atoms with Crippen LogP contribution in [0.5, 0.6) is 0 Å². The summed E-state index contributed by atoms with van der Waals surface area (Å²) >= 11 is 1.74. The van der Waals surface area contributed by atoms with E-state index in [1.54, 1.807) is 11.3 Å². The number of piperidine rings is 1. The molecular formula is C13H21N3OS. The van der Waals surface area contributed by atoms with Crippen LogP contribution in [0.3, 0.4) is 0 Å². The van der Waals surface area contributed by atoms with Gasteiger partial charge in [-0.2, -0.15) is 0 Å². The Hall–Kier alpha value is -0.490. The SMILES string of the molecule is CO[C@H]1CCN[C@@H]2CN(Cc3csc(C)n3)C[C@H]12. The Bertz CT molecular complexity index is 409. The van der Waals surface area contributed by atoms with Gasteiger partial charge in [0, 0.05) is 44.1 Å². The number of rotatable bonds is 3. The zero-order valence-corrected chi connectivity index (χ0v) is 11.9. The van der Waals surface area contributed by atoms with E-state index in [0.717, 1.165) is 37.6 Å².